The lowest BCUT2D eigenvalue weighted by Gasteiger charge is -2.13. The molecule has 2 rings (SSSR count). The van der Waals surface area contributed by atoms with E-state index < -0.39 is 6.10 Å². The first kappa shape index (κ1) is 13.6. The summed E-state index contributed by atoms with van der Waals surface area (Å²) in [5, 5.41) is 3.61. The van der Waals surface area contributed by atoms with Gasteiger partial charge < -0.3 is 15.8 Å². The molecular formula is C12H14Cl2N2O2. The maximum absolute atomic E-state index is 11.9. The molecule has 2 atom stereocenters. The number of halogens is 2. The SMILES string of the molecule is NC[C@H]1CC[C@@H](C(=O)Nc2ccc(Cl)c(Cl)c2)O1. The Bertz CT molecular complexity index is 454. The average Bonchev–Trinajstić information content (AvgIpc) is 2.82. The molecule has 1 aliphatic rings. The standard InChI is InChI=1S/C12H14Cl2N2O2/c13-9-3-1-7(5-10(9)14)16-12(17)11-4-2-8(6-15)18-11/h1,3,5,8,11H,2,4,6,15H2,(H,16,17)/t8-,11+/m1/s1. The van der Waals surface area contributed by atoms with Crippen LogP contribution < -0.4 is 11.1 Å². The Labute approximate surface area is 115 Å². The molecule has 0 unspecified atom stereocenters. The van der Waals surface area contributed by atoms with Gasteiger partial charge in [-0.2, -0.15) is 0 Å². The molecule has 0 bridgehead atoms. The molecular weight excluding hydrogens is 275 g/mol. The zero-order valence-corrected chi connectivity index (χ0v) is 11.2. The van der Waals surface area contributed by atoms with Crippen molar-refractivity contribution in [3.63, 3.8) is 0 Å². The summed E-state index contributed by atoms with van der Waals surface area (Å²) in [6.45, 7) is 0.441. The predicted molar refractivity (Wildman–Crippen MR) is 72.0 cm³/mol. The lowest BCUT2D eigenvalue weighted by Crippen LogP contribution is -2.29. The van der Waals surface area contributed by atoms with Crippen molar-refractivity contribution in [2.45, 2.75) is 25.0 Å². The summed E-state index contributed by atoms with van der Waals surface area (Å²) in [5.41, 5.74) is 6.10. The molecule has 0 saturated carbocycles. The number of anilines is 1. The van der Waals surface area contributed by atoms with Gasteiger partial charge in [-0.3, -0.25) is 4.79 Å². The topological polar surface area (TPSA) is 64.4 Å². The van der Waals surface area contributed by atoms with Crippen LogP contribution in [0.2, 0.25) is 10.0 Å². The van der Waals surface area contributed by atoms with Gasteiger partial charge in [0.05, 0.1) is 16.1 Å². The summed E-state index contributed by atoms with van der Waals surface area (Å²) in [7, 11) is 0. The van der Waals surface area contributed by atoms with Crippen molar-refractivity contribution in [2.24, 2.45) is 5.73 Å². The molecule has 0 spiro atoms. The molecule has 0 radical (unpaired) electrons. The second kappa shape index (κ2) is 5.89. The van der Waals surface area contributed by atoms with Crippen LogP contribution in [0.3, 0.4) is 0 Å². The van der Waals surface area contributed by atoms with Crippen molar-refractivity contribution in [1.29, 1.82) is 0 Å². The van der Waals surface area contributed by atoms with Crippen LogP contribution in [0.25, 0.3) is 0 Å². The lowest BCUT2D eigenvalue weighted by molar-refractivity contribution is -0.126. The Kier molecular flexibility index (Phi) is 4.45. The number of nitrogens with one attached hydrogen (secondary N) is 1. The molecule has 1 aromatic rings. The van der Waals surface area contributed by atoms with Gasteiger partial charge in [-0.15, -0.1) is 0 Å². The fraction of sp³-hybridized carbons (Fsp3) is 0.417. The second-order valence-corrected chi connectivity index (χ2v) is 4.99. The molecule has 98 valence electrons. The Balaban J connectivity index is 1.97. The quantitative estimate of drug-likeness (QED) is 0.898. The van der Waals surface area contributed by atoms with E-state index in [-0.39, 0.29) is 12.0 Å². The zero-order chi connectivity index (χ0) is 13.1. The number of nitrogens with two attached hydrogens (primary N) is 1. The Hall–Kier alpha value is -0.810. The van der Waals surface area contributed by atoms with Crippen LogP contribution in [-0.2, 0) is 9.53 Å². The van der Waals surface area contributed by atoms with Crippen LogP contribution in [0.15, 0.2) is 18.2 Å². The van der Waals surface area contributed by atoms with E-state index in [1.54, 1.807) is 18.2 Å². The van der Waals surface area contributed by atoms with E-state index in [0.29, 0.717) is 28.7 Å². The fourth-order valence-electron chi connectivity index (χ4n) is 1.87. The highest BCUT2D eigenvalue weighted by atomic mass is 35.5. The molecule has 18 heavy (non-hydrogen) atoms. The third-order valence-electron chi connectivity index (χ3n) is 2.85. The van der Waals surface area contributed by atoms with Crippen LogP contribution >= 0.6 is 23.2 Å². The first-order valence-electron chi connectivity index (χ1n) is 5.71. The third kappa shape index (κ3) is 3.14. The summed E-state index contributed by atoms with van der Waals surface area (Å²) >= 11 is 11.7. The van der Waals surface area contributed by atoms with Gasteiger partial charge in [-0.25, -0.2) is 0 Å². The van der Waals surface area contributed by atoms with Gasteiger partial charge >= 0.3 is 0 Å². The van der Waals surface area contributed by atoms with Gasteiger partial charge in [-0.1, -0.05) is 23.2 Å². The van der Waals surface area contributed by atoms with Gasteiger partial charge in [0.15, 0.2) is 0 Å². The number of carbonyl (C=O) groups excluding carboxylic acids is 1. The third-order valence-corrected chi connectivity index (χ3v) is 3.59. The minimum absolute atomic E-state index is 0.0189. The summed E-state index contributed by atoms with van der Waals surface area (Å²) in [6.07, 6.45) is 1.05. The Morgan fingerprint density at radius 2 is 2.17 bits per heavy atom. The highest BCUT2D eigenvalue weighted by Crippen LogP contribution is 2.26. The first-order chi connectivity index (χ1) is 8.60. The van der Waals surface area contributed by atoms with Crippen molar-refractivity contribution < 1.29 is 9.53 Å². The number of ether oxygens (including phenoxy) is 1. The molecule has 0 aromatic heterocycles. The van der Waals surface area contributed by atoms with Gasteiger partial charge in [-0.05, 0) is 31.0 Å². The van der Waals surface area contributed by atoms with E-state index >= 15 is 0 Å². The highest BCUT2D eigenvalue weighted by Gasteiger charge is 2.29. The minimum atomic E-state index is -0.437. The molecule has 3 N–H and O–H groups in total. The maximum Gasteiger partial charge on any atom is 0.253 e. The van der Waals surface area contributed by atoms with Crippen LogP contribution in [0.4, 0.5) is 5.69 Å². The molecule has 1 aliphatic heterocycles. The summed E-state index contributed by atoms with van der Waals surface area (Å²) in [4.78, 5) is 11.9. The largest absolute Gasteiger partial charge is 0.364 e. The summed E-state index contributed by atoms with van der Waals surface area (Å²) in [6, 6.07) is 4.94. The molecule has 1 saturated heterocycles. The minimum Gasteiger partial charge on any atom is -0.364 e. The van der Waals surface area contributed by atoms with E-state index in [1.807, 2.05) is 0 Å². The van der Waals surface area contributed by atoms with Crippen molar-refractivity contribution in [2.75, 3.05) is 11.9 Å². The molecule has 1 heterocycles. The average molecular weight is 289 g/mol. The molecule has 4 nitrogen and oxygen atoms in total. The number of rotatable bonds is 3. The summed E-state index contributed by atoms with van der Waals surface area (Å²) in [5.74, 6) is -0.177. The highest BCUT2D eigenvalue weighted by molar-refractivity contribution is 6.42. The smallest absolute Gasteiger partial charge is 0.253 e. The Morgan fingerprint density at radius 1 is 1.39 bits per heavy atom. The molecule has 1 fully saturated rings. The summed E-state index contributed by atoms with van der Waals surface area (Å²) < 4.78 is 5.50. The number of carbonyl (C=O) groups is 1. The van der Waals surface area contributed by atoms with E-state index in [4.69, 9.17) is 33.7 Å². The number of hydrogen-bond donors (Lipinski definition) is 2. The van der Waals surface area contributed by atoms with Crippen LogP contribution in [0.1, 0.15) is 12.8 Å². The molecule has 1 aromatic carbocycles. The Morgan fingerprint density at radius 3 is 2.78 bits per heavy atom. The predicted octanol–water partition coefficient (Wildman–Crippen LogP) is 2.44. The van der Waals surface area contributed by atoms with Crippen LogP contribution in [0, 0.1) is 0 Å². The van der Waals surface area contributed by atoms with E-state index in [0.717, 1.165) is 6.42 Å². The van der Waals surface area contributed by atoms with Crippen molar-refractivity contribution in [3.8, 4) is 0 Å². The van der Waals surface area contributed by atoms with Gasteiger partial charge in [0.2, 0.25) is 0 Å². The van der Waals surface area contributed by atoms with Crippen molar-refractivity contribution in [3.05, 3.63) is 28.2 Å². The fourth-order valence-corrected chi connectivity index (χ4v) is 2.17. The number of benzene rings is 1. The maximum atomic E-state index is 11.9. The van der Waals surface area contributed by atoms with Crippen LogP contribution in [-0.4, -0.2) is 24.7 Å². The van der Waals surface area contributed by atoms with Crippen molar-refractivity contribution >= 4 is 34.8 Å². The van der Waals surface area contributed by atoms with E-state index in [2.05, 4.69) is 5.32 Å². The number of hydrogen-bond acceptors (Lipinski definition) is 3. The zero-order valence-electron chi connectivity index (χ0n) is 9.66. The van der Waals surface area contributed by atoms with Crippen molar-refractivity contribution in [1.82, 2.24) is 0 Å². The second-order valence-electron chi connectivity index (χ2n) is 4.18. The molecule has 0 aliphatic carbocycles. The first-order valence-corrected chi connectivity index (χ1v) is 6.47. The molecule has 6 heteroatoms. The monoisotopic (exact) mass is 288 g/mol. The normalized spacial score (nSPS) is 23.1. The molecule has 1 amide bonds. The lowest BCUT2D eigenvalue weighted by atomic mass is 10.2. The van der Waals surface area contributed by atoms with E-state index in [9.17, 15) is 4.79 Å². The number of amides is 1. The van der Waals surface area contributed by atoms with Gasteiger partial charge in [0, 0.05) is 12.2 Å². The van der Waals surface area contributed by atoms with E-state index in [1.165, 1.54) is 0 Å². The van der Waals surface area contributed by atoms with Crippen LogP contribution in [0.5, 0.6) is 0 Å². The van der Waals surface area contributed by atoms with Gasteiger partial charge in [0.1, 0.15) is 6.10 Å². The van der Waals surface area contributed by atoms with Gasteiger partial charge in [0.25, 0.3) is 5.91 Å².